The van der Waals surface area contributed by atoms with E-state index in [0.717, 1.165) is 0 Å². The Labute approximate surface area is 129 Å². The molecule has 20 heavy (non-hydrogen) atoms. The molecule has 0 saturated heterocycles. The van der Waals surface area contributed by atoms with Crippen LogP contribution in [0, 0.1) is 0 Å². The molecule has 2 aromatic carbocycles. The summed E-state index contributed by atoms with van der Waals surface area (Å²) in [7, 11) is 0. The van der Waals surface area contributed by atoms with Crippen molar-refractivity contribution < 1.29 is 9.21 Å². The largest absolute Gasteiger partial charge is 0.451 e. The molecule has 0 aliphatic carbocycles. The van der Waals surface area contributed by atoms with Gasteiger partial charge in [-0.1, -0.05) is 34.8 Å². The smallest absolute Gasteiger partial charge is 0.228 e. The summed E-state index contributed by atoms with van der Waals surface area (Å²) >= 11 is 17.8. The second kappa shape index (κ2) is 5.13. The van der Waals surface area contributed by atoms with E-state index in [1.54, 1.807) is 42.5 Å². The van der Waals surface area contributed by atoms with E-state index in [-0.39, 0.29) is 11.5 Å². The molecule has 0 bridgehead atoms. The van der Waals surface area contributed by atoms with Crippen molar-refractivity contribution >= 4 is 51.6 Å². The molecular weight excluding hydrogens is 319 g/mol. The Hall–Kier alpha value is -1.48. The first-order valence-electron chi connectivity index (χ1n) is 5.73. The predicted octanol–water partition coefficient (Wildman–Crippen LogP) is 5.62. The summed E-state index contributed by atoms with van der Waals surface area (Å²) in [5.74, 6) is -0.0171. The van der Waals surface area contributed by atoms with Gasteiger partial charge in [-0.15, -0.1) is 0 Å². The van der Waals surface area contributed by atoms with Gasteiger partial charge in [0.2, 0.25) is 5.78 Å². The molecule has 5 heteroatoms. The van der Waals surface area contributed by atoms with Crippen LogP contribution in [0.4, 0.5) is 0 Å². The SMILES string of the molecule is O=C(c1ccc(Cl)cc1)c1cc2cc(Cl)cc(Cl)c2o1. The monoisotopic (exact) mass is 324 g/mol. The van der Waals surface area contributed by atoms with Crippen molar-refractivity contribution in [1.82, 2.24) is 0 Å². The molecule has 0 fully saturated rings. The van der Waals surface area contributed by atoms with Crippen LogP contribution in [0.15, 0.2) is 46.9 Å². The number of fused-ring (bicyclic) bond motifs is 1. The van der Waals surface area contributed by atoms with Crippen LogP contribution in [0.5, 0.6) is 0 Å². The number of furan rings is 1. The summed E-state index contributed by atoms with van der Waals surface area (Å²) < 4.78 is 5.53. The Morgan fingerprint density at radius 1 is 0.900 bits per heavy atom. The molecule has 3 rings (SSSR count). The molecule has 0 radical (unpaired) electrons. The molecule has 0 atom stereocenters. The van der Waals surface area contributed by atoms with E-state index in [1.165, 1.54) is 0 Å². The van der Waals surface area contributed by atoms with E-state index in [2.05, 4.69) is 0 Å². The number of benzene rings is 2. The average Bonchev–Trinajstić information content (AvgIpc) is 2.83. The highest BCUT2D eigenvalue weighted by atomic mass is 35.5. The van der Waals surface area contributed by atoms with Crippen molar-refractivity contribution in [3.05, 3.63) is 68.9 Å². The number of hydrogen-bond acceptors (Lipinski definition) is 2. The van der Waals surface area contributed by atoms with Gasteiger partial charge in [0.1, 0.15) is 0 Å². The molecule has 0 aliphatic heterocycles. The zero-order valence-corrected chi connectivity index (χ0v) is 12.3. The normalized spacial score (nSPS) is 10.9. The summed E-state index contributed by atoms with van der Waals surface area (Å²) in [5, 5.41) is 2.14. The second-order valence-electron chi connectivity index (χ2n) is 4.25. The Kier molecular flexibility index (Phi) is 3.47. The third-order valence-electron chi connectivity index (χ3n) is 2.87. The van der Waals surface area contributed by atoms with Gasteiger partial charge in [0.05, 0.1) is 5.02 Å². The van der Waals surface area contributed by atoms with Crippen LogP contribution in [0.1, 0.15) is 16.1 Å². The lowest BCUT2D eigenvalue weighted by Gasteiger charge is -1.97. The number of rotatable bonds is 2. The quantitative estimate of drug-likeness (QED) is 0.572. The van der Waals surface area contributed by atoms with E-state index >= 15 is 0 Å². The summed E-state index contributed by atoms with van der Waals surface area (Å²) in [6.45, 7) is 0. The van der Waals surface area contributed by atoms with Crippen molar-refractivity contribution in [1.29, 1.82) is 0 Å². The maximum atomic E-state index is 12.3. The molecule has 0 unspecified atom stereocenters. The summed E-state index contributed by atoms with van der Waals surface area (Å²) in [6.07, 6.45) is 0. The highest BCUT2D eigenvalue weighted by Gasteiger charge is 2.16. The van der Waals surface area contributed by atoms with Gasteiger partial charge in [0.15, 0.2) is 11.3 Å². The lowest BCUT2D eigenvalue weighted by atomic mass is 10.1. The molecule has 3 aromatic rings. The molecule has 2 nitrogen and oxygen atoms in total. The molecule has 0 amide bonds. The van der Waals surface area contributed by atoms with Crippen LogP contribution in [0.2, 0.25) is 15.1 Å². The minimum atomic E-state index is -0.231. The van der Waals surface area contributed by atoms with Gasteiger partial charge in [-0.05, 0) is 42.5 Å². The van der Waals surface area contributed by atoms with E-state index in [9.17, 15) is 4.79 Å². The number of halogens is 3. The van der Waals surface area contributed by atoms with E-state index in [4.69, 9.17) is 39.2 Å². The summed E-state index contributed by atoms with van der Waals surface area (Å²) in [5.41, 5.74) is 0.948. The topological polar surface area (TPSA) is 30.2 Å². The number of carbonyl (C=O) groups is 1. The van der Waals surface area contributed by atoms with Crippen LogP contribution in [0.25, 0.3) is 11.0 Å². The standard InChI is InChI=1S/C15H7Cl3O2/c16-10-3-1-8(2-4-10)14(19)13-6-9-5-11(17)7-12(18)15(9)20-13/h1-7H. The van der Waals surface area contributed by atoms with Gasteiger partial charge < -0.3 is 4.42 Å². The third kappa shape index (κ3) is 2.42. The summed E-state index contributed by atoms with van der Waals surface area (Å²) in [6, 6.07) is 11.5. The first kappa shape index (κ1) is 13.5. The van der Waals surface area contributed by atoms with Gasteiger partial charge in [0, 0.05) is 21.0 Å². The minimum absolute atomic E-state index is 0.214. The number of ketones is 1. The van der Waals surface area contributed by atoms with Crippen LogP contribution < -0.4 is 0 Å². The molecule has 1 heterocycles. The fourth-order valence-corrected chi connectivity index (χ4v) is 2.60. The number of hydrogen-bond donors (Lipinski definition) is 0. The highest BCUT2D eigenvalue weighted by Crippen LogP contribution is 2.31. The molecule has 1 aromatic heterocycles. The van der Waals surface area contributed by atoms with Gasteiger partial charge >= 0.3 is 0 Å². The van der Waals surface area contributed by atoms with Crippen LogP contribution in [-0.4, -0.2) is 5.78 Å². The first-order valence-corrected chi connectivity index (χ1v) is 6.87. The van der Waals surface area contributed by atoms with Crippen LogP contribution >= 0.6 is 34.8 Å². The third-order valence-corrected chi connectivity index (χ3v) is 3.62. The van der Waals surface area contributed by atoms with Crippen molar-refractivity contribution in [2.75, 3.05) is 0 Å². The van der Waals surface area contributed by atoms with Crippen LogP contribution in [0.3, 0.4) is 0 Å². The Bertz CT molecular complexity index is 804. The summed E-state index contributed by atoms with van der Waals surface area (Å²) in [4.78, 5) is 12.3. The molecule has 100 valence electrons. The fraction of sp³-hybridized carbons (Fsp3) is 0. The van der Waals surface area contributed by atoms with Gasteiger partial charge in [-0.3, -0.25) is 4.79 Å². The van der Waals surface area contributed by atoms with Gasteiger partial charge in [0.25, 0.3) is 0 Å². The molecule has 0 spiro atoms. The zero-order chi connectivity index (χ0) is 14.3. The molecule has 0 N–H and O–H groups in total. The minimum Gasteiger partial charge on any atom is -0.451 e. The predicted molar refractivity (Wildman–Crippen MR) is 81.1 cm³/mol. The van der Waals surface area contributed by atoms with Crippen molar-refractivity contribution in [3.8, 4) is 0 Å². The highest BCUT2D eigenvalue weighted by molar-refractivity contribution is 6.38. The maximum Gasteiger partial charge on any atom is 0.228 e. The second-order valence-corrected chi connectivity index (χ2v) is 5.53. The van der Waals surface area contributed by atoms with E-state index in [1.807, 2.05) is 0 Å². The Morgan fingerprint density at radius 2 is 1.60 bits per heavy atom. The fourth-order valence-electron chi connectivity index (χ4n) is 1.93. The van der Waals surface area contributed by atoms with E-state index in [0.29, 0.717) is 31.6 Å². The van der Waals surface area contributed by atoms with Crippen molar-refractivity contribution in [2.45, 2.75) is 0 Å². The van der Waals surface area contributed by atoms with Crippen molar-refractivity contribution in [2.24, 2.45) is 0 Å². The first-order chi connectivity index (χ1) is 9.54. The molecule has 0 saturated carbocycles. The van der Waals surface area contributed by atoms with Gasteiger partial charge in [-0.25, -0.2) is 0 Å². The molecule has 0 aliphatic rings. The maximum absolute atomic E-state index is 12.3. The Morgan fingerprint density at radius 3 is 2.30 bits per heavy atom. The average molecular weight is 326 g/mol. The van der Waals surface area contributed by atoms with Crippen LogP contribution in [-0.2, 0) is 0 Å². The van der Waals surface area contributed by atoms with Crippen molar-refractivity contribution in [3.63, 3.8) is 0 Å². The molecular formula is C15H7Cl3O2. The Balaban J connectivity index is 2.08. The van der Waals surface area contributed by atoms with Gasteiger partial charge in [-0.2, -0.15) is 0 Å². The lowest BCUT2D eigenvalue weighted by molar-refractivity contribution is 0.101. The zero-order valence-electron chi connectivity index (χ0n) is 9.99. The van der Waals surface area contributed by atoms with E-state index < -0.39 is 0 Å². The lowest BCUT2D eigenvalue weighted by Crippen LogP contribution is -1.98. The number of carbonyl (C=O) groups excluding carboxylic acids is 1.